The van der Waals surface area contributed by atoms with Gasteiger partial charge in [0.05, 0.1) is 18.0 Å². The molecule has 1 aliphatic heterocycles. The molecule has 1 aliphatic rings. The van der Waals surface area contributed by atoms with Crippen molar-refractivity contribution in [1.29, 1.82) is 0 Å². The molecule has 3 rings (SSSR count). The Labute approximate surface area is 162 Å². The van der Waals surface area contributed by atoms with E-state index in [4.69, 9.17) is 9.88 Å². The molecule has 148 valence electrons. The number of ether oxygens (including phenoxy) is 1. The molecule has 0 saturated carbocycles. The molecule has 3 amide bonds. The van der Waals surface area contributed by atoms with Gasteiger partial charge in [0, 0.05) is 24.3 Å². The monoisotopic (exact) mass is 404 g/mol. The molecule has 0 unspecified atom stereocenters. The van der Waals surface area contributed by atoms with E-state index in [1.807, 2.05) is 0 Å². The summed E-state index contributed by atoms with van der Waals surface area (Å²) >= 11 is 0. The van der Waals surface area contributed by atoms with Crippen molar-refractivity contribution in [3.05, 3.63) is 48.5 Å². The molecule has 4 N–H and O–H groups in total. The Kier molecular flexibility index (Phi) is 5.52. The van der Waals surface area contributed by atoms with E-state index in [2.05, 4.69) is 10.6 Å². The lowest BCUT2D eigenvalue weighted by molar-refractivity contribution is -0.117. The maximum Gasteiger partial charge on any atom is 0.319 e. The number of hydrogen-bond acceptors (Lipinski definition) is 5. The Morgan fingerprint density at radius 3 is 2.36 bits per heavy atom. The number of anilines is 2. The van der Waals surface area contributed by atoms with Gasteiger partial charge in [-0.1, -0.05) is 0 Å². The van der Waals surface area contributed by atoms with Crippen molar-refractivity contribution in [3.8, 4) is 5.75 Å². The molecule has 9 nitrogen and oxygen atoms in total. The zero-order valence-corrected chi connectivity index (χ0v) is 15.9. The third-order valence-corrected chi connectivity index (χ3v) is 5.21. The number of methoxy groups -OCH3 is 1. The van der Waals surface area contributed by atoms with E-state index in [-0.39, 0.29) is 23.3 Å². The summed E-state index contributed by atoms with van der Waals surface area (Å²) in [5, 5.41) is 10.4. The fraction of sp³-hybridized carbons (Fsp3) is 0.222. The maximum atomic E-state index is 12.3. The van der Waals surface area contributed by atoms with E-state index in [0.717, 1.165) is 5.69 Å². The molecule has 0 bridgehead atoms. The van der Waals surface area contributed by atoms with Crippen LogP contribution in [0.25, 0.3) is 0 Å². The van der Waals surface area contributed by atoms with E-state index in [9.17, 15) is 18.0 Å². The highest BCUT2D eigenvalue weighted by atomic mass is 32.2. The number of hydrogen-bond donors (Lipinski definition) is 3. The molecule has 10 heteroatoms. The number of carbonyl (C=O) groups is 2. The van der Waals surface area contributed by atoms with Crippen LogP contribution >= 0.6 is 0 Å². The standard InChI is InChI=1S/C18H20N4O5S/c1-27-15-6-4-14(5-7-15)22-11-13(10-17(22)23)21-18(24)20-12-2-8-16(9-3-12)28(19,25)26/h2-9,13H,10-11H2,1H3,(H2,19,25,26)(H2,20,21,24)/t13-/m0/s1. The van der Waals surface area contributed by atoms with Crippen molar-refractivity contribution < 1.29 is 22.7 Å². The van der Waals surface area contributed by atoms with Gasteiger partial charge in [-0.25, -0.2) is 18.4 Å². The van der Waals surface area contributed by atoms with Crippen LogP contribution < -0.4 is 25.4 Å². The third-order valence-electron chi connectivity index (χ3n) is 4.29. The van der Waals surface area contributed by atoms with Crippen molar-refractivity contribution in [2.45, 2.75) is 17.4 Å². The van der Waals surface area contributed by atoms with Gasteiger partial charge in [0.15, 0.2) is 0 Å². The van der Waals surface area contributed by atoms with Gasteiger partial charge in [0.25, 0.3) is 0 Å². The number of nitrogens with one attached hydrogen (secondary N) is 2. The molecule has 2 aromatic rings. The number of carbonyl (C=O) groups excluding carboxylic acids is 2. The Morgan fingerprint density at radius 2 is 1.79 bits per heavy atom. The van der Waals surface area contributed by atoms with E-state index < -0.39 is 16.1 Å². The summed E-state index contributed by atoms with van der Waals surface area (Å²) in [6.07, 6.45) is 0.184. The summed E-state index contributed by atoms with van der Waals surface area (Å²) in [5.41, 5.74) is 1.13. The lowest BCUT2D eigenvalue weighted by Crippen LogP contribution is -2.39. The molecule has 1 saturated heterocycles. The van der Waals surface area contributed by atoms with Crippen LogP contribution in [0.4, 0.5) is 16.2 Å². The molecule has 28 heavy (non-hydrogen) atoms. The molecule has 0 radical (unpaired) electrons. The van der Waals surface area contributed by atoms with E-state index in [1.165, 1.54) is 24.3 Å². The highest BCUT2D eigenvalue weighted by Gasteiger charge is 2.31. The number of benzene rings is 2. The van der Waals surface area contributed by atoms with Crippen LogP contribution in [0.5, 0.6) is 5.75 Å². The second-order valence-corrected chi connectivity index (χ2v) is 7.83. The van der Waals surface area contributed by atoms with E-state index >= 15 is 0 Å². The number of primary sulfonamides is 1. The number of nitrogens with zero attached hydrogens (tertiary/aromatic N) is 1. The molecule has 0 aliphatic carbocycles. The Balaban J connectivity index is 1.58. The highest BCUT2D eigenvalue weighted by Crippen LogP contribution is 2.24. The normalized spacial score (nSPS) is 16.7. The van der Waals surface area contributed by atoms with Gasteiger partial charge < -0.3 is 20.3 Å². The van der Waals surface area contributed by atoms with Gasteiger partial charge in [-0.2, -0.15) is 0 Å². The summed E-state index contributed by atoms with van der Waals surface area (Å²) in [6.45, 7) is 0.350. The zero-order chi connectivity index (χ0) is 20.3. The van der Waals surface area contributed by atoms with Crippen LogP contribution in [0, 0.1) is 0 Å². The summed E-state index contributed by atoms with van der Waals surface area (Å²) in [4.78, 5) is 26.0. The first-order valence-corrected chi connectivity index (χ1v) is 9.96. The zero-order valence-electron chi connectivity index (χ0n) is 15.1. The van der Waals surface area contributed by atoms with Crippen LogP contribution in [-0.2, 0) is 14.8 Å². The average molecular weight is 404 g/mol. The predicted molar refractivity (Wildman–Crippen MR) is 104 cm³/mol. The molecule has 0 aromatic heterocycles. The fourth-order valence-electron chi connectivity index (χ4n) is 2.90. The number of urea groups is 1. The summed E-state index contributed by atoms with van der Waals surface area (Å²) < 4.78 is 27.6. The topological polar surface area (TPSA) is 131 Å². The molecule has 0 spiro atoms. The second kappa shape index (κ2) is 7.87. The van der Waals surface area contributed by atoms with Gasteiger partial charge in [-0.3, -0.25) is 4.79 Å². The van der Waals surface area contributed by atoms with Crippen LogP contribution in [0.2, 0.25) is 0 Å². The first kappa shape index (κ1) is 19.6. The van der Waals surface area contributed by atoms with Gasteiger partial charge in [-0.15, -0.1) is 0 Å². The van der Waals surface area contributed by atoms with E-state index in [1.54, 1.807) is 36.3 Å². The minimum atomic E-state index is -3.79. The Morgan fingerprint density at radius 1 is 1.14 bits per heavy atom. The fourth-order valence-corrected chi connectivity index (χ4v) is 3.41. The number of sulfonamides is 1. The average Bonchev–Trinajstić information content (AvgIpc) is 3.01. The van der Waals surface area contributed by atoms with Crippen molar-refractivity contribution in [2.75, 3.05) is 23.9 Å². The van der Waals surface area contributed by atoms with Gasteiger partial charge >= 0.3 is 6.03 Å². The number of nitrogens with two attached hydrogens (primary N) is 1. The molecule has 1 heterocycles. The number of rotatable bonds is 5. The first-order valence-electron chi connectivity index (χ1n) is 8.41. The summed E-state index contributed by atoms with van der Waals surface area (Å²) in [5.74, 6) is 0.603. The lowest BCUT2D eigenvalue weighted by Gasteiger charge is -2.18. The van der Waals surface area contributed by atoms with Gasteiger partial charge in [-0.05, 0) is 48.5 Å². The summed E-state index contributed by atoms with van der Waals surface area (Å²) in [7, 11) is -2.22. The molecular weight excluding hydrogens is 384 g/mol. The van der Waals surface area contributed by atoms with Crippen molar-refractivity contribution in [1.82, 2.24) is 5.32 Å². The van der Waals surface area contributed by atoms with Crippen molar-refractivity contribution >= 4 is 33.3 Å². The van der Waals surface area contributed by atoms with Crippen molar-refractivity contribution in [2.24, 2.45) is 5.14 Å². The van der Waals surface area contributed by atoms with Crippen molar-refractivity contribution in [3.63, 3.8) is 0 Å². The van der Waals surface area contributed by atoms with Gasteiger partial charge in [0.2, 0.25) is 15.9 Å². The van der Waals surface area contributed by atoms with E-state index in [0.29, 0.717) is 18.0 Å². The first-order chi connectivity index (χ1) is 13.3. The minimum absolute atomic E-state index is 0.0463. The number of amides is 3. The minimum Gasteiger partial charge on any atom is -0.497 e. The SMILES string of the molecule is COc1ccc(N2C[C@@H](NC(=O)Nc3ccc(S(N)(=O)=O)cc3)CC2=O)cc1. The largest absolute Gasteiger partial charge is 0.497 e. The van der Waals surface area contributed by atoms with Crippen LogP contribution in [-0.4, -0.2) is 40.1 Å². The predicted octanol–water partition coefficient (Wildman–Crippen LogP) is 1.27. The van der Waals surface area contributed by atoms with Gasteiger partial charge in [0.1, 0.15) is 5.75 Å². The highest BCUT2D eigenvalue weighted by molar-refractivity contribution is 7.89. The molecule has 1 atom stereocenters. The quantitative estimate of drug-likeness (QED) is 0.691. The molecular formula is C18H20N4O5S. The van der Waals surface area contributed by atoms with Crippen LogP contribution in [0.15, 0.2) is 53.4 Å². The lowest BCUT2D eigenvalue weighted by atomic mass is 10.2. The third kappa shape index (κ3) is 4.59. The smallest absolute Gasteiger partial charge is 0.319 e. The molecule has 1 fully saturated rings. The Hall–Kier alpha value is -3.11. The second-order valence-electron chi connectivity index (χ2n) is 6.27. The van der Waals surface area contributed by atoms with Crippen LogP contribution in [0.1, 0.15) is 6.42 Å². The Bertz CT molecular complexity index is 974. The maximum absolute atomic E-state index is 12.3. The van der Waals surface area contributed by atoms with Crippen LogP contribution in [0.3, 0.4) is 0 Å². The molecule has 2 aromatic carbocycles. The summed E-state index contributed by atoms with van der Waals surface area (Å²) in [6, 6.07) is 11.7.